The third kappa shape index (κ3) is 3.70. The van der Waals surface area contributed by atoms with Gasteiger partial charge >= 0.3 is 0 Å². The van der Waals surface area contributed by atoms with E-state index >= 15 is 0 Å². The number of rotatable bonds is 6. The molecular weight excluding hydrogens is 314 g/mol. The largest absolute Gasteiger partial charge is 0.490 e. The molecule has 4 rings (SSSR count). The van der Waals surface area contributed by atoms with Gasteiger partial charge in [0.15, 0.2) is 0 Å². The van der Waals surface area contributed by atoms with Crippen LogP contribution in [0.4, 0.5) is 0 Å². The van der Waals surface area contributed by atoms with Crippen LogP contribution in [0.3, 0.4) is 0 Å². The van der Waals surface area contributed by atoms with Gasteiger partial charge in [-0.25, -0.2) is 4.98 Å². The molecule has 1 amide bonds. The zero-order valence-electron chi connectivity index (χ0n) is 14.5. The van der Waals surface area contributed by atoms with Crippen LogP contribution >= 0.6 is 0 Å². The summed E-state index contributed by atoms with van der Waals surface area (Å²) in [4.78, 5) is 17.2. The van der Waals surface area contributed by atoms with Crippen molar-refractivity contribution < 1.29 is 9.53 Å². The molecule has 1 saturated carbocycles. The van der Waals surface area contributed by atoms with Gasteiger partial charge in [-0.15, -0.1) is 0 Å². The van der Waals surface area contributed by atoms with E-state index in [1.165, 1.54) is 25.1 Å². The van der Waals surface area contributed by atoms with Gasteiger partial charge in [0, 0.05) is 32.1 Å². The van der Waals surface area contributed by atoms with Gasteiger partial charge in [0.1, 0.15) is 11.6 Å². The normalized spacial score (nSPS) is 16.8. The Morgan fingerprint density at radius 3 is 2.92 bits per heavy atom. The van der Waals surface area contributed by atoms with Crippen LogP contribution in [-0.2, 0) is 19.4 Å². The number of carbonyl (C=O) groups is 1. The quantitative estimate of drug-likeness (QED) is 0.880. The zero-order chi connectivity index (χ0) is 17.1. The molecule has 0 spiro atoms. The molecule has 25 heavy (non-hydrogen) atoms. The summed E-state index contributed by atoms with van der Waals surface area (Å²) < 4.78 is 8.20. The molecule has 2 aliphatic rings. The Labute approximate surface area is 148 Å². The predicted molar refractivity (Wildman–Crippen MR) is 95.9 cm³/mol. The van der Waals surface area contributed by atoms with Gasteiger partial charge in [-0.05, 0) is 44.2 Å². The average molecular weight is 339 g/mol. The summed E-state index contributed by atoms with van der Waals surface area (Å²) in [7, 11) is 0. The minimum absolute atomic E-state index is 0.0705. The molecule has 1 aromatic carbocycles. The Hall–Kier alpha value is -2.30. The molecule has 132 valence electrons. The third-order valence-corrected chi connectivity index (χ3v) is 5.10. The lowest BCUT2D eigenvalue weighted by molar-refractivity contribution is 0.0928. The van der Waals surface area contributed by atoms with Gasteiger partial charge in [-0.3, -0.25) is 4.79 Å². The maximum Gasteiger partial charge on any atom is 0.255 e. The number of hydrogen-bond acceptors (Lipinski definition) is 3. The molecule has 1 N–H and O–H groups in total. The zero-order valence-corrected chi connectivity index (χ0v) is 14.5. The Balaban J connectivity index is 1.33. The van der Waals surface area contributed by atoms with Crippen LogP contribution in [0.1, 0.15) is 54.0 Å². The monoisotopic (exact) mass is 339 g/mol. The van der Waals surface area contributed by atoms with Crippen molar-refractivity contribution in [3.05, 3.63) is 47.5 Å². The van der Waals surface area contributed by atoms with Crippen molar-refractivity contribution >= 4 is 5.91 Å². The number of ether oxygens (including phenoxy) is 1. The third-order valence-electron chi connectivity index (χ3n) is 5.10. The van der Waals surface area contributed by atoms with Crippen molar-refractivity contribution in [1.82, 2.24) is 14.9 Å². The molecule has 0 unspecified atom stereocenters. The van der Waals surface area contributed by atoms with Crippen LogP contribution in [-0.4, -0.2) is 28.1 Å². The smallest absolute Gasteiger partial charge is 0.255 e. The van der Waals surface area contributed by atoms with Gasteiger partial charge in [-0.1, -0.05) is 12.1 Å². The van der Waals surface area contributed by atoms with E-state index in [1.807, 2.05) is 24.3 Å². The number of benzene rings is 1. The Kier molecular flexibility index (Phi) is 4.72. The second kappa shape index (κ2) is 7.30. The molecule has 1 aromatic heterocycles. The maximum absolute atomic E-state index is 12.5. The molecule has 0 saturated heterocycles. The maximum atomic E-state index is 12.5. The summed E-state index contributed by atoms with van der Waals surface area (Å²) in [6.07, 6.45) is 10.1. The number of para-hydroxylation sites is 1. The molecule has 1 fully saturated rings. The number of carbonyl (C=O) groups excluding carboxylic acids is 1. The van der Waals surface area contributed by atoms with Crippen LogP contribution in [0, 0.1) is 0 Å². The second-order valence-corrected chi connectivity index (χ2v) is 6.97. The van der Waals surface area contributed by atoms with E-state index in [9.17, 15) is 4.79 Å². The first kappa shape index (κ1) is 16.2. The average Bonchev–Trinajstić information content (AvgIpc) is 3.01. The summed E-state index contributed by atoms with van der Waals surface area (Å²) >= 11 is 0. The number of nitrogens with one attached hydrogen (secondary N) is 1. The molecule has 5 nitrogen and oxygen atoms in total. The minimum Gasteiger partial charge on any atom is -0.490 e. The molecular formula is C20H25N3O2. The van der Waals surface area contributed by atoms with E-state index in [0.29, 0.717) is 17.9 Å². The highest BCUT2D eigenvalue weighted by molar-refractivity contribution is 5.96. The van der Waals surface area contributed by atoms with Gasteiger partial charge in [0.25, 0.3) is 5.91 Å². The van der Waals surface area contributed by atoms with Crippen LogP contribution in [0.5, 0.6) is 5.75 Å². The lowest BCUT2D eigenvalue weighted by Crippen LogP contribution is -2.29. The van der Waals surface area contributed by atoms with Crippen LogP contribution in [0.15, 0.2) is 30.5 Å². The highest BCUT2D eigenvalue weighted by Gasteiger charge is 2.21. The summed E-state index contributed by atoms with van der Waals surface area (Å²) in [5, 5.41) is 3.01. The minimum atomic E-state index is -0.0705. The Morgan fingerprint density at radius 1 is 1.24 bits per heavy atom. The van der Waals surface area contributed by atoms with E-state index in [0.717, 1.165) is 37.9 Å². The number of hydrogen-bond donors (Lipinski definition) is 1. The molecule has 2 aromatic rings. The standard InChI is InChI=1S/C20H25N3O2/c24-20(17-8-1-2-9-18(17)25-16-6-5-7-16)21-12-11-15-14-23-13-4-3-10-19(23)22-15/h1-2,8-9,14,16H,3-7,10-13H2,(H,21,24). The molecule has 5 heteroatoms. The summed E-state index contributed by atoms with van der Waals surface area (Å²) in [6.45, 7) is 1.66. The Morgan fingerprint density at radius 2 is 2.12 bits per heavy atom. The molecule has 1 aliphatic carbocycles. The fraction of sp³-hybridized carbons (Fsp3) is 0.500. The lowest BCUT2D eigenvalue weighted by Gasteiger charge is -2.27. The fourth-order valence-corrected chi connectivity index (χ4v) is 3.42. The summed E-state index contributed by atoms with van der Waals surface area (Å²) in [6, 6.07) is 7.52. The van der Waals surface area contributed by atoms with Crippen molar-refractivity contribution in [3.63, 3.8) is 0 Å². The van der Waals surface area contributed by atoms with E-state index in [4.69, 9.17) is 4.74 Å². The van der Waals surface area contributed by atoms with E-state index in [2.05, 4.69) is 21.1 Å². The summed E-state index contributed by atoms with van der Waals surface area (Å²) in [5.74, 6) is 1.81. The van der Waals surface area contributed by atoms with E-state index < -0.39 is 0 Å². The first-order valence-corrected chi connectivity index (χ1v) is 9.38. The van der Waals surface area contributed by atoms with Crippen molar-refractivity contribution in [2.75, 3.05) is 6.54 Å². The topological polar surface area (TPSA) is 56.2 Å². The number of imidazole rings is 1. The van der Waals surface area contributed by atoms with Gasteiger partial charge in [0.2, 0.25) is 0 Å². The van der Waals surface area contributed by atoms with E-state index in [-0.39, 0.29) is 12.0 Å². The molecule has 0 radical (unpaired) electrons. The van der Waals surface area contributed by atoms with Crippen molar-refractivity contribution in [2.24, 2.45) is 0 Å². The number of aryl methyl sites for hydroxylation is 2. The summed E-state index contributed by atoms with van der Waals surface area (Å²) in [5.41, 5.74) is 1.69. The molecule has 0 bridgehead atoms. The number of aromatic nitrogens is 2. The molecule has 0 atom stereocenters. The first-order chi connectivity index (χ1) is 12.3. The fourth-order valence-electron chi connectivity index (χ4n) is 3.42. The van der Waals surface area contributed by atoms with Gasteiger partial charge in [0.05, 0.1) is 17.4 Å². The van der Waals surface area contributed by atoms with Crippen molar-refractivity contribution in [2.45, 2.75) is 57.6 Å². The predicted octanol–water partition coefficient (Wildman–Crippen LogP) is 3.12. The SMILES string of the molecule is O=C(NCCc1cn2c(n1)CCCC2)c1ccccc1OC1CCC1. The molecule has 2 heterocycles. The van der Waals surface area contributed by atoms with Crippen LogP contribution in [0.25, 0.3) is 0 Å². The number of amides is 1. The highest BCUT2D eigenvalue weighted by Crippen LogP contribution is 2.27. The first-order valence-electron chi connectivity index (χ1n) is 9.38. The Bertz CT molecular complexity index is 726. The van der Waals surface area contributed by atoms with E-state index in [1.54, 1.807) is 0 Å². The van der Waals surface area contributed by atoms with Gasteiger partial charge in [-0.2, -0.15) is 0 Å². The molecule has 1 aliphatic heterocycles. The number of fused-ring (bicyclic) bond motifs is 1. The van der Waals surface area contributed by atoms with Gasteiger partial charge < -0.3 is 14.6 Å². The highest BCUT2D eigenvalue weighted by atomic mass is 16.5. The van der Waals surface area contributed by atoms with Crippen LogP contribution < -0.4 is 10.1 Å². The van der Waals surface area contributed by atoms with Crippen molar-refractivity contribution in [1.29, 1.82) is 0 Å². The van der Waals surface area contributed by atoms with Crippen LogP contribution in [0.2, 0.25) is 0 Å². The lowest BCUT2D eigenvalue weighted by atomic mass is 9.96. The van der Waals surface area contributed by atoms with Crippen molar-refractivity contribution in [3.8, 4) is 5.75 Å². The number of nitrogens with zero attached hydrogens (tertiary/aromatic N) is 2. The second-order valence-electron chi connectivity index (χ2n) is 6.97.